The SMILES string of the molecule is [CH2]OC(=O)CCn1cccc(-c2cc(NCc3ccc(Cl)s3)n(C(=O)C(C)(C)C)n2)c1=O. The lowest BCUT2D eigenvalue weighted by Crippen LogP contribution is -2.29. The van der Waals surface area contributed by atoms with Crippen molar-refractivity contribution in [2.24, 2.45) is 5.41 Å². The van der Waals surface area contributed by atoms with E-state index in [2.05, 4.69) is 22.3 Å². The first-order valence-corrected chi connectivity index (χ1v) is 11.1. The Morgan fingerprint density at radius 3 is 2.66 bits per heavy atom. The summed E-state index contributed by atoms with van der Waals surface area (Å²) in [7, 11) is 3.08. The fourth-order valence-corrected chi connectivity index (χ4v) is 3.95. The molecule has 0 saturated carbocycles. The van der Waals surface area contributed by atoms with E-state index in [1.165, 1.54) is 20.6 Å². The van der Waals surface area contributed by atoms with Gasteiger partial charge in [-0.1, -0.05) is 32.4 Å². The van der Waals surface area contributed by atoms with Crippen LogP contribution in [0.25, 0.3) is 11.3 Å². The van der Waals surface area contributed by atoms with Gasteiger partial charge in [0.1, 0.15) is 18.6 Å². The lowest BCUT2D eigenvalue weighted by molar-refractivity contribution is -0.138. The Kier molecular flexibility index (Phi) is 7.20. The molecule has 0 unspecified atom stereocenters. The van der Waals surface area contributed by atoms with Crippen LogP contribution in [0.3, 0.4) is 0 Å². The standard InChI is InChI=1S/C22H24ClN4O4S/c1-22(2,3)21(30)27-18(24-13-14-7-8-17(23)32-14)12-16(25-27)15-6-5-10-26(20(15)29)11-9-19(28)31-4/h5-8,10,12,24H,4,9,11,13H2,1-3H3. The number of carbonyl (C=O) groups is 2. The molecule has 1 radical (unpaired) electrons. The highest BCUT2D eigenvalue weighted by Gasteiger charge is 2.27. The van der Waals surface area contributed by atoms with Crippen molar-refractivity contribution in [2.75, 3.05) is 5.32 Å². The van der Waals surface area contributed by atoms with Crippen LogP contribution < -0.4 is 10.9 Å². The molecule has 0 aliphatic carbocycles. The Bertz CT molecular complexity index is 1190. The summed E-state index contributed by atoms with van der Waals surface area (Å²) in [5.41, 5.74) is -0.336. The smallest absolute Gasteiger partial charge is 0.307 e. The number of esters is 1. The monoisotopic (exact) mass is 475 g/mol. The zero-order chi connectivity index (χ0) is 23.5. The number of ether oxygens (including phenoxy) is 1. The quantitative estimate of drug-likeness (QED) is 0.507. The highest BCUT2D eigenvalue weighted by atomic mass is 35.5. The lowest BCUT2D eigenvalue weighted by atomic mass is 9.96. The maximum atomic E-state index is 13.0. The molecule has 0 fully saturated rings. The first-order valence-electron chi connectivity index (χ1n) is 9.88. The van der Waals surface area contributed by atoms with E-state index in [4.69, 9.17) is 11.6 Å². The van der Waals surface area contributed by atoms with Crippen molar-refractivity contribution in [1.29, 1.82) is 0 Å². The molecule has 3 aromatic heterocycles. The van der Waals surface area contributed by atoms with Crippen LogP contribution in [0.15, 0.2) is 41.3 Å². The van der Waals surface area contributed by atoms with Crippen LogP contribution in [0.4, 0.5) is 5.82 Å². The summed E-state index contributed by atoms with van der Waals surface area (Å²) in [5, 5.41) is 7.67. The molecule has 0 aliphatic heterocycles. The summed E-state index contributed by atoms with van der Waals surface area (Å²) in [5.74, 6) is -0.257. The predicted octanol–water partition coefficient (Wildman–Crippen LogP) is 4.45. The van der Waals surface area contributed by atoms with E-state index in [0.29, 0.717) is 28.0 Å². The van der Waals surface area contributed by atoms with E-state index in [1.54, 1.807) is 45.2 Å². The molecular weight excluding hydrogens is 452 g/mol. The number of thiophene rings is 1. The van der Waals surface area contributed by atoms with Crippen molar-refractivity contribution in [3.8, 4) is 11.3 Å². The van der Waals surface area contributed by atoms with Gasteiger partial charge < -0.3 is 14.6 Å². The molecule has 0 spiro atoms. The van der Waals surface area contributed by atoms with Crippen molar-refractivity contribution < 1.29 is 14.3 Å². The van der Waals surface area contributed by atoms with Crippen molar-refractivity contribution in [3.05, 3.63) is 63.2 Å². The summed E-state index contributed by atoms with van der Waals surface area (Å²) < 4.78 is 7.76. The topological polar surface area (TPSA) is 95.2 Å². The molecule has 3 aromatic rings. The van der Waals surface area contributed by atoms with E-state index in [9.17, 15) is 14.4 Å². The van der Waals surface area contributed by atoms with Gasteiger partial charge in [0.05, 0.1) is 22.9 Å². The number of nitrogens with zero attached hydrogens (tertiary/aromatic N) is 3. The molecule has 0 amide bonds. The Morgan fingerprint density at radius 2 is 2.03 bits per heavy atom. The molecule has 0 aliphatic rings. The number of aromatic nitrogens is 3. The third kappa shape index (κ3) is 5.46. The van der Waals surface area contributed by atoms with Gasteiger partial charge in [-0.2, -0.15) is 9.78 Å². The van der Waals surface area contributed by atoms with Crippen LogP contribution in [0, 0.1) is 12.5 Å². The zero-order valence-electron chi connectivity index (χ0n) is 18.1. The molecule has 3 heterocycles. The minimum atomic E-state index is -0.683. The summed E-state index contributed by atoms with van der Waals surface area (Å²) in [6, 6.07) is 8.71. The average molecular weight is 476 g/mol. The number of hydrogen-bond acceptors (Lipinski definition) is 7. The van der Waals surface area contributed by atoms with Gasteiger partial charge in [-0.05, 0) is 24.3 Å². The lowest BCUT2D eigenvalue weighted by Gasteiger charge is -2.18. The van der Waals surface area contributed by atoms with Crippen LogP contribution in [-0.2, 0) is 22.6 Å². The van der Waals surface area contributed by atoms with Gasteiger partial charge in [0.2, 0.25) is 0 Å². The molecule has 3 rings (SSSR count). The predicted molar refractivity (Wildman–Crippen MR) is 125 cm³/mol. The zero-order valence-corrected chi connectivity index (χ0v) is 19.6. The summed E-state index contributed by atoms with van der Waals surface area (Å²) in [6.45, 7) is 6.00. The number of pyridine rings is 1. The average Bonchev–Trinajstić information content (AvgIpc) is 3.35. The van der Waals surface area contributed by atoms with Gasteiger partial charge in [-0.25, -0.2) is 0 Å². The number of aryl methyl sites for hydroxylation is 1. The largest absolute Gasteiger partial charge is 0.462 e. The third-order valence-corrected chi connectivity index (χ3v) is 5.86. The molecule has 0 saturated heterocycles. The molecule has 10 heteroatoms. The highest BCUT2D eigenvalue weighted by molar-refractivity contribution is 7.16. The minimum absolute atomic E-state index is 0.0139. The van der Waals surface area contributed by atoms with Gasteiger partial charge in [0.15, 0.2) is 0 Å². The van der Waals surface area contributed by atoms with E-state index in [1.807, 2.05) is 12.1 Å². The van der Waals surface area contributed by atoms with E-state index in [0.717, 1.165) is 4.88 Å². The van der Waals surface area contributed by atoms with Crippen molar-refractivity contribution in [3.63, 3.8) is 0 Å². The third-order valence-electron chi connectivity index (χ3n) is 4.63. The number of hydrogen-bond donors (Lipinski definition) is 1. The van der Waals surface area contributed by atoms with E-state index >= 15 is 0 Å². The van der Waals surface area contributed by atoms with Crippen LogP contribution >= 0.6 is 22.9 Å². The maximum Gasteiger partial charge on any atom is 0.307 e. The minimum Gasteiger partial charge on any atom is -0.462 e. The molecule has 0 atom stereocenters. The van der Waals surface area contributed by atoms with Gasteiger partial charge in [-0.15, -0.1) is 11.3 Å². The van der Waals surface area contributed by atoms with Crippen molar-refractivity contribution in [2.45, 2.75) is 40.3 Å². The van der Waals surface area contributed by atoms with Gasteiger partial charge in [0, 0.05) is 29.1 Å². The van der Waals surface area contributed by atoms with Gasteiger partial charge in [-0.3, -0.25) is 14.4 Å². The number of anilines is 1. The number of halogens is 1. The Balaban J connectivity index is 1.96. The molecular formula is C22H24ClN4O4S. The summed E-state index contributed by atoms with van der Waals surface area (Å²) in [6.07, 6.45) is 1.60. The van der Waals surface area contributed by atoms with Gasteiger partial charge >= 0.3 is 5.97 Å². The van der Waals surface area contributed by atoms with E-state index < -0.39 is 11.4 Å². The van der Waals surface area contributed by atoms with Crippen LogP contribution in [0.5, 0.6) is 0 Å². The molecule has 32 heavy (non-hydrogen) atoms. The second-order valence-electron chi connectivity index (χ2n) is 8.13. The summed E-state index contributed by atoms with van der Waals surface area (Å²) >= 11 is 7.44. The number of carbonyl (C=O) groups excluding carboxylic acids is 2. The Morgan fingerprint density at radius 1 is 1.28 bits per heavy atom. The Hall–Kier alpha value is -2.91. The second-order valence-corrected chi connectivity index (χ2v) is 9.93. The number of rotatable bonds is 7. The van der Waals surface area contributed by atoms with Gasteiger partial charge in [0.25, 0.3) is 11.5 Å². The van der Waals surface area contributed by atoms with Crippen LogP contribution in [0.1, 0.15) is 36.9 Å². The first-order chi connectivity index (χ1) is 15.1. The molecule has 0 bridgehead atoms. The molecule has 0 aromatic carbocycles. The first kappa shape index (κ1) is 23.7. The van der Waals surface area contributed by atoms with Crippen molar-refractivity contribution >= 4 is 40.6 Å². The highest BCUT2D eigenvalue weighted by Crippen LogP contribution is 2.26. The Labute approximate surface area is 194 Å². The normalized spacial score (nSPS) is 11.4. The van der Waals surface area contributed by atoms with Crippen molar-refractivity contribution in [1.82, 2.24) is 14.3 Å². The van der Waals surface area contributed by atoms with E-state index in [-0.39, 0.29) is 24.4 Å². The summed E-state index contributed by atoms with van der Waals surface area (Å²) in [4.78, 5) is 38.4. The van der Waals surface area contributed by atoms with Crippen LogP contribution in [-0.4, -0.2) is 26.2 Å². The van der Waals surface area contributed by atoms with Crippen LogP contribution in [0.2, 0.25) is 4.34 Å². The molecule has 169 valence electrons. The fourth-order valence-electron chi connectivity index (χ4n) is 2.93. The molecule has 1 N–H and O–H groups in total. The number of nitrogens with one attached hydrogen (secondary N) is 1. The fraction of sp³-hybridized carbons (Fsp3) is 0.318. The maximum absolute atomic E-state index is 13.0. The molecule has 8 nitrogen and oxygen atoms in total. The second kappa shape index (κ2) is 9.70.